The highest BCUT2D eigenvalue weighted by molar-refractivity contribution is 5.73. The van der Waals surface area contributed by atoms with Gasteiger partial charge in [0.1, 0.15) is 5.82 Å². The van der Waals surface area contributed by atoms with E-state index in [2.05, 4.69) is 41.1 Å². The lowest BCUT2D eigenvalue weighted by Crippen LogP contribution is -2.48. The molecule has 0 unspecified atom stereocenters. The number of carbonyl (C=O) groups is 1. The van der Waals surface area contributed by atoms with E-state index in [-0.39, 0.29) is 5.91 Å². The molecule has 1 aromatic heterocycles. The van der Waals surface area contributed by atoms with Gasteiger partial charge in [-0.1, -0.05) is 13.8 Å². The van der Waals surface area contributed by atoms with Gasteiger partial charge in [0.2, 0.25) is 5.91 Å². The van der Waals surface area contributed by atoms with Crippen molar-refractivity contribution < 1.29 is 4.79 Å². The molecule has 0 aromatic carbocycles. The van der Waals surface area contributed by atoms with E-state index in [1.54, 1.807) is 6.92 Å². The number of piperidine rings is 2. The zero-order valence-corrected chi connectivity index (χ0v) is 18.6. The molecule has 1 aliphatic carbocycles. The van der Waals surface area contributed by atoms with Crippen molar-refractivity contribution in [3.05, 3.63) is 23.8 Å². The van der Waals surface area contributed by atoms with Gasteiger partial charge in [0.25, 0.3) is 0 Å². The van der Waals surface area contributed by atoms with Gasteiger partial charge in [0.05, 0.1) is 0 Å². The fourth-order valence-corrected chi connectivity index (χ4v) is 5.83. The third kappa shape index (κ3) is 4.65. The molecule has 0 bridgehead atoms. The van der Waals surface area contributed by atoms with Crippen LogP contribution in [0.15, 0.2) is 12.4 Å². The minimum absolute atomic E-state index is 0.251. The molecule has 3 heterocycles. The van der Waals surface area contributed by atoms with Crippen LogP contribution in [0.4, 0.5) is 0 Å². The maximum Gasteiger partial charge on any atom is 0.219 e. The number of likely N-dealkylation sites (tertiary alicyclic amines) is 2. The van der Waals surface area contributed by atoms with Gasteiger partial charge >= 0.3 is 0 Å². The van der Waals surface area contributed by atoms with Crippen LogP contribution in [0.25, 0.3) is 0 Å². The Morgan fingerprint density at radius 3 is 2.07 bits per heavy atom. The zero-order chi connectivity index (χ0) is 20.4. The van der Waals surface area contributed by atoms with Gasteiger partial charge in [-0.05, 0) is 81.4 Å². The second-order valence-electron chi connectivity index (χ2n) is 10.1. The molecule has 0 N–H and O–H groups in total. The van der Waals surface area contributed by atoms with Crippen LogP contribution in [-0.4, -0.2) is 57.9 Å². The Hall–Kier alpha value is -1.49. The Kier molecular flexibility index (Phi) is 6.24. The molecular formula is C24H38N4O. The summed E-state index contributed by atoms with van der Waals surface area (Å²) in [6, 6.07) is 0.770. The van der Waals surface area contributed by atoms with Crippen molar-refractivity contribution in [2.45, 2.75) is 90.0 Å². The molecule has 1 amide bonds. The molecule has 0 radical (unpaired) electrons. The lowest BCUT2D eigenvalue weighted by molar-refractivity contribution is -0.131. The minimum atomic E-state index is 0.251. The van der Waals surface area contributed by atoms with Crippen LogP contribution in [0.2, 0.25) is 0 Å². The Bertz CT molecular complexity index is 675. The van der Waals surface area contributed by atoms with Gasteiger partial charge in [-0.15, -0.1) is 0 Å². The Labute approximate surface area is 176 Å². The van der Waals surface area contributed by atoms with Crippen LogP contribution in [0.3, 0.4) is 0 Å². The van der Waals surface area contributed by atoms with Crippen molar-refractivity contribution in [3.63, 3.8) is 0 Å². The average Bonchev–Trinajstić information content (AvgIpc) is 2.75. The number of carbonyl (C=O) groups excluding carboxylic acids is 1. The molecule has 160 valence electrons. The van der Waals surface area contributed by atoms with Gasteiger partial charge < -0.3 is 9.80 Å². The van der Waals surface area contributed by atoms with E-state index in [9.17, 15) is 4.79 Å². The van der Waals surface area contributed by atoms with Crippen LogP contribution in [-0.2, 0) is 4.79 Å². The molecule has 3 aliphatic rings. The summed E-state index contributed by atoms with van der Waals surface area (Å²) in [6.45, 7) is 10.4. The summed E-state index contributed by atoms with van der Waals surface area (Å²) in [6.07, 6.45) is 14.4. The first kappa shape index (κ1) is 20.8. The van der Waals surface area contributed by atoms with Crippen molar-refractivity contribution in [2.24, 2.45) is 5.41 Å². The first-order valence-electron chi connectivity index (χ1n) is 11.8. The van der Waals surface area contributed by atoms with Gasteiger partial charge in [-0.25, -0.2) is 9.97 Å². The number of nitrogens with zero attached hydrogens (tertiary/aromatic N) is 4. The Morgan fingerprint density at radius 1 is 0.966 bits per heavy atom. The van der Waals surface area contributed by atoms with Crippen LogP contribution in [0.5, 0.6) is 0 Å². The van der Waals surface area contributed by atoms with Gasteiger partial charge in [-0.2, -0.15) is 0 Å². The standard InChI is InChI=1S/C24H38N4O/c1-18(2)23-25-16-21(17-26-23)20-6-12-28(13-7-20)22-4-8-24(9-5-22)10-14-27(15-11-24)19(3)29/h16-18,20,22H,4-15H2,1-3H3. The van der Waals surface area contributed by atoms with Crippen LogP contribution in [0, 0.1) is 5.41 Å². The predicted molar refractivity (Wildman–Crippen MR) is 116 cm³/mol. The van der Waals surface area contributed by atoms with Crippen LogP contribution in [0.1, 0.15) is 95.4 Å². The van der Waals surface area contributed by atoms with E-state index in [1.165, 1.54) is 70.0 Å². The first-order valence-corrected chi connectivity index (χ1v) is 11.8. The molecule has 2 saturated heterocycles. The molecule has 1 aromatic rings. The second-order valence-corrected chi connectivity index (χ2v) is 10.1. The molecule has 0 atom stereocenters. The van der Waals surface area contributed by atoms with Crippen molar-refractivity contribution in [3.8, 4) is 0 Å². The average molecular weight is 399 g/mol. The summed E-state index contributed by atoms with van der Waals surface area (Å²) in [7, 11) is 0. The fraction of sp³-hybridized carbons (Fsp3) is 0.792. The topological polar surface area (TPSA) is 49.3 Å². The highest BCUT2D eigenvalue weighted by Crippen LogP contribution is 2.46. The molecule has 2 aliphatic heterocycles. The van der Waals surface area contributed by atoms with Crippen molar-refractivity contribution >= 4 is 5.91 Å². The molecule has 3 fully saturated rings. The van der Waals surface area contributed by atoms with E-state index in [1.807, 2.05) is 4.90 Å². The first-order chi connectivity index (χ1) is 14.0. The molecular weight excluding hydrogens is 360 g/mol. The number of hydrogen-bond acceptors (Lipinski definition) is 4. The van der Waals surface area contributed by atoms with Crippen LogP contribution < -0.4 is 0 Å². The summed E-state index contributed by atoms with van der Waals surface area (Å²) in [5.74, 6) is 2.23. The summed E-state index contributed by atoms with van der Waals surface area (Å²) < 4.78 is 0. The largest absolute Gasteiger partial charge is 0.343 e. The fourth-order valence-electron chi connectivity index (χ4n) is 5.83. The quantitative estimate of drug-likeness (QED) is 0.759. The number of hydrogen-bond donors (Lipinski definition) is 0. The number of rotatable bonds is 3. The van der Waals surface area contributed by atoms with Crippen molar-refractivity contribution in [2.75, 3.05) is 26.2 Å². The molecule has 1 saturated carbocycles. The van der Waals surface area contributed by atoms with E-state index < -0.39 is 0 Å². The van der Waals surface area contributed by atoms with Crippen molar-refractivity contribution in [1.82, 2.24) is 19.8 Å². The Balaban J connectivity index is 1.24. The smallest absolute Gasteiger partial charge is 0.219 e. The maximum absolute atomic E-state index is 11.6. The second kappa shape index (κ2) is 8.71. The Morgan fingerprint density at radius 2 is 1.55 bits per heavy atom. The highest BCUT2D eigenvalue weighted by Gasteiger charge is 2.40. The maximum atomic E-state index is 11.6. The van der Waals surface area contributed by atoms with Gasteiger partial charge in [-0.3, -0.25) is 4.79 Å². The zero-order valence-electron chi connectivity index (χ0n) is 18.6. The summed E-state index contributed by atoms with van der Waals surface area (Å²) in [5.41, 5.74) is 1.85. The van der Waals surface area contributed by atoms with E-state index in [0.717, 1.165) is 25.0 Å². The van der Waals surface area contributed by atoms with Crippen LogP contribution >= 0.6 is 0 Å². The van der Waals surface area contributed by atoms with E-state index in [0.29, 0.717) is 17.3 Å². The molecule has 4 rings (SSSR count). The normalized spacial score (nSPS) is 24.3. The third-order valence-electron chi connectivity index (χ3n) is 8.01. The number of aromatic nitrogens is 2. The number of amides is 1. The van der Waals surface area contributed by atoms with E-state index >= 15 is 0 Å². The molecule has 1 spiro atoms. The molecule has 5 nitrogen and oxygen atoms in total. The third-order valence-corrected chi connectivity index (χ3v) is 8.01. The summed E-state index contributed by atoms with van der Waals surface area (Å²) >= 11 is 0. The van der Waals surface area contributed by atoms with Gasteiger partial charge in [0.15, 0.2) is 0 Å². The molecule has 29 heavy (non-hydrogen) atoms. The highest BCUT2D eigenvalue weighted by atomic mass is 16.2. The summed E-state index contributed by atoms with van der Waals surface area (Å²) in [5, 5.41) is 0. The lowest BCUT2D eigenvalue weighted by atomic mass is 9.66. The van der Waals surface area contributed by atoms with E-state index in [4.69, 9.17) is 0 Å². The minimum Gasteiger partial charge on any atom is -0.343 e. The summed E-state index contributed by atoms with van der Waals surface area (Å²) in [4.78, 5) is 25.6. The predicted octanol–water partition coefficient (Wildman–Crippen LogP) is 4.35. The monoisotopic (exact) mass is 398 g/mol. The lowest BCUT2D eigenvalue weighted by Gasteiger charge is -2.48. The van der Waals surface area contributed by atoms with Crippen molar-refractivity contribution in [1.29, 1.82) is 0 Å². The SMILES string of the molecule is CC(=O)N1CCC2(CCC(N3CCC(c4cnc(C(C)C)nc4)CC3)CC2)CC1. The van der Waals surface area contributed by atoms with Gasteiger partial charge in [0, 0.05) is 44.4 Å². The molecule has 5 heteroatoms.